The molecule has 5 fully saturated rings. The van der Waals surface area contributed by atoms with Crippen LogP contribution in [0.2, 0.25) is 0 Å². The minimum atomic E-state index is -5.19. The Bertz CT molecular complexity index is 2350. The molecule has 0 spiro atoms. The van der Waals surface area contributed by atoms with E-state index in [1.807, 2.05) is 0 Å². The van der Waals surface area contributed by atoms with Crippen molar-refractivity contribution in [2.24, 2.45) is 29.6 Å². The number of ether oxygens (including phenoxy) is 11. The summed E-state index contributed by atoms with van der Waals surface area (Å²) in [6, 6.07) is 0. The number of carboxylic acid groups (broad SMARTS) is 2. The number of hydrogen-bond donors (Lipinski definition) is 17. The Kier molecular flexibility index (Phi) is 25.7. The van der Waals surface area contributed by atoms with Crippen molar-refractivity contribution in [3.63, 3.8) is 0 Å². The maximum Gasteiger partial charge on any atom is 0.397 e. The lowest BCUT2D eigenvalue weighted by Crippen LogP contribution is -2.60. The Balaban J connectivity index is 1.10. The molecule has 6 rings (SSSR count). The van der Waals surface area contributed by atoms with Crippen molar-refractivity contribution < 1.29 is 173 Å². The molecule has 36 nitrogen and oxygen atoms in total. The Morgan fingerprint density at radius 3 is 1.30 bits per heavy atom. The highest BCUT2D eigenvalue weighted by atomic mass is 32.3. The first-order chi connectivity index (χ1) is 39.4. The molecule has 0 saturated carbocycles. The lowest BCUT2D eigenvalue weighted by atomic mass is 9.79. The van der Waals surface area contributed by atoms with E-state index in [1.165, 1.54) is 13.8 Å². The van der Waals surface area contributed by atoms with Crippen LogP contribution in [-0.2, 0) is 90.9 Å². The Morgan fingerprint density at radius 2 is 0.845 bits per heavy atom. The van der Waals surface area contributed by atoms with Gasteiger partial charge in [0.05, 0.1) is 116 Å². The summed E-state index contributed by atoms with van der Waals surface area (Å²) in [6.45, 7) is -4.67. The molecule has 28 atom stereocenters. The summed E-state index contributed by atoms with van der Waals surface area (Å²) in [5.74, 6) is -10.1. The van der Waals surface area contributed by atoms with Crippen molar-refractivity contribution in [1.82, 2.24) is 0 Å². The highest BCUT2D eigenvalue weighted by Gasteiger charge is 2.52. The Morgan fingerprint density at radius 1 is 0.440 bits per heavy atom. The van der Waals surface area contributed by atoms with E-state index in [9.17, 15) is 108 Å². The molecule has 488 valence electrons. The number of aliphatic hydroxyl groups is 13. The van der Waals surface area contributed by atoms with E-state index in [0.29, 0.717) is 0 Å². The molecule has 84 heavy (non-hydrogen) atoms. The molecule has 0 amide bonds. The zero-order valence-corrected chi connectivity index (χ0v) is 46.5. The lowest BCUT2D eigenvalue weighted by molar-refractivity contribution is -0.275. The van der Waals surface area contributed by atoms with Crippen LogP contribution >= 0.6 is 0 Å². The molecule has 0 aromatic rings. The predicted octanol–water partition coefficient (Wildman–Crippen LogP) is -9.60. The van der Waals surface area contributed by atoms with Gasteiger partial charge in [-0.3, -0.25) is 9.11 Å². The van der Waals surface area contributed by atoms with Gasteiger partial charge in [0.2, 0.25) is 5.76 Å². The van der Waals surface area contributed by atoms with Gasteiger partial charge < -0.3 is 129 Å². The second kappa shape index (κ2) is 30.7. The van der Waals surface area contributed by atoms with Gasteiger partial charge in [-0.2, -0.15) is 16.8 Å². The first-order valence-corrected chi connectivity index (χ1v) is 29.1. The minimum Gasteiger partial charge on any atom is -0.479 e. The van der Waals surface area contributed by atoms with Crippen LogP contribution in [0.1, 0.15) is 13.8 Å². The second-order valence-corrected chi connectivity index (χ2v) is 23.3. The number of aliphatic hydroxyl groups excluding tert-OH is 13. The van der Waals surface area contributed by atoms with Crippen molar-refractivity contribution in [2.75, 3.05) is 79.3 Å². The second-order valence-electron chi connectivity index (χ2n) is 21.2. The van der Waals surface area contributed by atoms with Crippen molar-refractivity contribution in [3.8, 4) is 0 Å². The lowest BCUT2D eigenvalue weighted by Gasteiger charge is -2.45. The topological polar surface area (TPSA) is 566 Å². The highest BCUT2D eigenvalue weighted by molar-refractivity contribution is 7.81. The standard InChI is InChI=1S/C46H76O36S2/c1-16-32(50)42(81-83(64,65)66)39(57)30(75-16)14-71-7-19-18(6-70-12-28-37(55)23(49)3-24(77-28)44(59)60)27(78-25(4-47)34(19)52)11-74-10-22-36(54)38(56)29(79-41(22)45(61)62)13-73-9-21-20(35(53)26(5-48)80-46(21)63)8-72-15-31-40(58)43(82-84(67,68)69)33(51)17(2)76-31/h3,16-23,25-43,46-58,63H,4-15H2,1-2H3,(H,59,60)(H,61,62)(H,64,65,66)(H,67,68,69). The summed E-state index contributed by atoms with van der Waals surface area (Å²) in [5, 5.41) is 159. The van der Waals surface area contributed by atoms with Gasteiger partial charge in [-0.15, -0.1) is 0 Å². The molecule has 0 aromatic heterocycles. The average molecular weight is 1270 g/mol. The van der Waals surface area contributed by atoms with Gasteiger partial charge in [0.1, 0.15) is 85.5 Å². The molecule has 6 heterocycles. The fourth-order valence-electron chi connectivity index (χ4n) is 10.9. The fourth-order valence-corrected chi connectivity index (χ4v) is 11.9. The maximum absolute atomic E-state index is 12.7. The van der Waals surface area contributed by atoms with E-state index >= 15 is 0 Å². The third-order valence-corrected chi connectivity index (χ3v) is 16.5. The molecule has 0 aliphatic carbocycles. The Labute approximate surface area is 479 Å². The quantitative estimate of drug-likeness (QED) is 0.0324. The molecule has 6 aliphatic rings. The normalized spacial score (nSPS) is 43.3. The van der Waals surface area contributed by atoms with Gasteiger partial charge in [-0.05, 0) is 19.9 Å². The van der Waals surface area contributed by atoms with Crippen LogP contribution in [0.5, 0.6) is 0 Å². The average Bonchev–Trinajstić information content (AvgIpc) is 2.84. The highest BCUT2D eigenvalue weighted by Crippen LogP contribution is 2.37. The SMILES string of the molecule is CC1OC(COCC2C(O)C(CO)OC(O)C2COCC2OC(C(=O)O)C(COCC3OC(CO)C(O)C(COCC4OC(C)C(O)C(OS(=O)(=O)O)C4O)C3COCC3OC(C(=O)O)=CC(O)C3O)C(O)C2O)C(O)C(OS(=O)(=O)O)C1O. The summed E-state index contributed by atoms with van der Waals surface area (Å²) in [4.78, 5) is 24.4. The van der Waals surface area contributed by atoms with Crippen molar-refractivity contribution in [3.05, 3.63) is 11.8 Å². The maximum atomic E-state index is 12.7. The summed E-state index contributed by atoms with van der Waals surface area (Å²) in [5.41, 5.74) is 0. The van der Waals surface area contributed by atoms with Gasteiger partial charge in [-0.1, -0.05) is 0 Å². The molecule has 0 bridgehead atoms. The number of carboxylic acids is 2. The summed E-state index contributed by atoms with van der Waals surface area (Å²) in [7, 11) is -10.3. The van der Waals surface area contributed by atoms with Gasteiger partial charge in [0.25, 0.3) is 0 Å². The number of carbonyl (C=O) groups is 2. The van der Waals surface area contributed by atoms with Crippen molar-refractivity contribution >= 4 is 32.7 Å². The first kappa shape index (κ1) is 70.4. The molecule has 28 unspecified atom stereocenters. The van der Waals surface area contributed by atoms with Crippen LogP contribution in [0.4, 0.5) is 0 Å². The zero-order valence-electron chi connectivity index (χ0n) is 44.9. The predicted molar refractivity (Wildman–Crippen MR) is 264 cm³/mol. The van der Waals surface area contributed by atoms with Crippen molar-refractivity contribution in [2.45, 2.75) is 154 Å². The van der Waals surface area contributed by atoms with E-state index in [0.717, 1.165) is 6.08 Å². The number of aliphatic carboxylic acids is 2. The van der Waals surface area contributed by atoms with E-state index in [1.54, 1.807) is 0 Å². The molecular formula is C46H76O36S2. The molecule has 17 N–H and O–H groups in total. The zero-order chi connectivity index (χ0) is 62.3. The van der Waals surface area contributed by atoms with E-state index in [-0.39, 0.29) is 0 Å². The summed E-state index contributed by atoms with van der Waals surface area (Å²) < 4.78 is 136. The molecule has 5 saturated heterocycles. The largest absolute Gasteiger partial charge is 0.479 e. The van der Waals surface area contributed by atoms with Gasteiger partial charge in [0.15, 0.2) is 18.5 Å². The third-order valence-electron chi connectivity index (χ3n) is 15.5. The molecular weight excluding hydrogens is 1190 g/mol. The van der Waals surface area contributed by atoms with Crippen LogP contribution in [0.25, 0.3) is 0 Å². The molecule has 0 aromatic carbocycles. The summed E-state index contributed by atoms with van der Waals surface area (Å²) >= 11 is 0. The van der Waals surface area contributed by atoms with Crippen LogP contribution < -0.4 is 0 Å². The monoisotopic (exact) mass is 1270 g/mol. The number of rotatable bonds is 28. The van der Waals surface area contributed by atoms with Crippen LogP contribution in [0, 0.1) is 29.6 Å². The molecule has 0 radical (unpaired) electrons. The van der Waals surface area contributed by atoms with Crippen LogP contribution in [0.3, 0.4) is 0 Å². The van der Waals surface area contributed by atoms with Crippen LogP contribution in [0.15, 0.2) is 11.8 Å². The van der Waals surface area contributed by atoms with E-state index in [2.05, 4.69) is 8.37 Å². The van der Waals surface area contributed by atoms with Crippen LogP contribution in [-0.4, -0.2) is 334 Å². The fraction of sp³-hybridized carbons (Fsp3) is 0.913. The first-order valence-electron chi connectivity index (χ1n) is 26.4. The third kappa shape index (κ3) is 17.8. The smallest absolute Gasteiger partial charge is 0.397 e. The van der Waals surface area contributed by atoms with E-state index in [4.69, 9.17) is 56.7 Å². The molecule has 38 heteroatoms. The van der Waals surface area contributed by atoms with Crippen molar-refractivity contribution in [1.29, 1.82) is 0 Å². The summed E-state index contributed by atoms with van der Waals surface area (Å²) in [6.07, 6.45) is -36.6. The molecule has 6 aliphatic heterocycles. The van der Waals surface area contributed by atoms with Gasteiger partial charge in [0, 0.05) is 29.6 Å². The minimum absolute atomic E-state index is 0.482. The number of hydrogen-bond acceptors (Lipinski definition) is 32. The van der Waals surface area contributed by atoms with Gasteiger partial charge >= 0.3 is 32.7 Å². The van der Waals surface area contributed by atoms with E-state index < -0.39 is 288 Å². The Hall–Kier alpha value is -2.70. The van der Waals surface area contributed by atoms with Gasteiger partial charge in [-0.25, -0.2) is 18.0 Å².